The lowest BCUT2D eigenvalue weighted by Crippen LogP contribution is -2.38. The van der Waals surface area contributed by atoms with Crippen LogP contribution in [0.2, 0.25) is 0 Å². The molecule has 2 rings (SSSR count). The summed E-state index contributed by atoms with van der Waals surface area (Å²) in [4.78, 5) is 0. The van der Waals surface area contributed by atoms with Crippen LogP contribution in [-0.2, 0) is 0 Å². The number of hydrogen-bond donors (Lipinski definition) is 2. The molecule has 1 aromatic carbocycles. The van der Waals surface area contributed by atoms with Gasteiger partial charge in [-0.25, -0.2) is 4.39 Å². The smallest absolute Gasteiger partial charge is 0.123 e. The van der Waals surface area contributed by atoms with E-state index in [1.165, 1.54) is 6.07 Å². The first-order valence-electron chi connectivity index (χ1n) is 6.95. The normalized spacial score (nSPS) is 25.1. The summed E-state index contributed by atoms with van der Waals surface area (Å²) < 4.78 is 18.7. The van der Waals surface area contributed by atoms with Crippen LogP contribution < -0.4 is 15.8 Å². The van der Waals surface area contributed by atoms with Crippen molar-refractivity contribution in [1.29, 1.82) is 0 Å². The molecular formula is C15H23FN2O. The molecule has 1 aliphatic carbocycles. The van der Waals surface area contributed by atoms with Crippen LogP contribution >= 0.6 is 0 Å². The zero-order valence-corrected chi connectivity index (χ0v) is 11.7. The van der Waals surface area contributed by atoms with Crippen LogP contribution in [0.5, 0.6) is 5.75 Å². The molecule has 0 spiro atoms. The third kappa shape index (κ3) is 3.67. The number of ether oxygens (including phenoxy) is 1. The van der Waals surface area contributed by atoms with Crippen LogP contribution in [0.3, 0.4) is 0 Å². The maximum absolute atomic E-state index is 13.4. The summed E-state index contributed by atoms with van der Waals surface area (Å²) in [7, 11) is 1.61. The number of rotatable bonds is 4. The SMILES string of the molecule is COc1ccc(F)cc1C(C)NC1CCC(N)CC1. The molecule has 1 atom stereocenters. The average Bonchev–Trinajstić information content (AvgIpc) is 2.41. The number of hydrogen-bond acceptors (Lipinski definition) is 3. The van der Waals surface area contributed by atoms with E-state index in [-0.39, 0.29) is 11.9 Å². The summed E-state index contributed by atoms with van der Waals surface area (Å²) in [6.45, 7) is 2.05. The van der Waals surface area contributed by atoms with Crippen molar-refractivity contribution in [3.63, 3.8) is 0 Å². The standard InChI is InChI=1S/C15H23FN2O/c1-10(18-13-6-4-12(17)5-7-13)14-9-11(16)3-8-15(14)19-2/h3,8-10,12-13,18H,4-7,17H2,1-2H3. The molecule has 106 valence electrons. The molecule has 0 radical (unpaired) electrons. The maximum Gasteiger partial charge on any atom is 0.123 e. The molecule has 3 N–H and O–H groups in total. The van der Waals surface area contributed by atoms with Crippen molar-refractivity contribution in [2.75, 3.05) is 7.11 Å². The zero-order valence-electron chi connectivity index (χ0n) is 11.7. The van der Waals surface area contributed by atoms with E-state index in [1.807, 2.05) is 6.92 Å². The second-order valence-corrected chi connectivity index (χ2v) is 5.39. The van der Waals surface area contributed by atoms with E-state index in [0.29, 0.717) is 12.1 Å². The summed E-state index contributed by atoms with van der Waals surface area (Å²) >= 11 is 0. The summed E-state index contributed by atoms with van der Waals surface area (Å²) in [5.41, 5.74) is 6.78. The quantitative estimate of drug-likeness (QED) is 0.881. The Labute approximate surface area is 114 Å². The molecule has 1 saturated carbocycles. The van der Waals surface area contributed by atoms with E-state index < -0.39 is 0 Å². The van der Waals surface area contributed by atoms with Crippen molar-refractivity contribution in [3.05, 3.63) is 29.6 Å². The summed E-state index contributed by atoms with van der Waals surface area (Å²) in [5, 5.41) is 3.56. The first-order valence-corrected chi connectivity index (χ1v) is 6.95. The summed E-state index contributed by atoms with van der Waals surface area (Å²) in [6.07, 6.45) is 4.29. The highest BCUT2D eigenvalue weighted by molar-refractivity contribution is 5.36. The molecule has 4 heteroatoms. The van der Waals surface area contributed by atoms with Crippen LogP contribution in [0.15, 0.2) is 18.2 Å². The van der Waals surface area contributed by atoms with Crippen molar-refractivity contribution in [2.45, 2.75) is 50.7 Å². The van der Waals surface area contributed by atoms with Gasteiger partial charge in [-0.15, -0.1) is 0 Å². The maximum atomic E-state index is 13.4. The molecule has 0 amide bonds. The Balaban J connectivity index is 2.03. The third-order valence-corrected chi connectivity index (χ3v) is 3.92. The van der Waals surface area contributed by atoms with Crippen molar-refractivity contribution in [2.24, 2.45) is 5.73 Å². The van der Waals surface area contributed by atoms with Gasteiger partial charge in [0.2, 0.25) is 0 Å². The van der Waals surface area contributed by atoms with Gasteiger partial charge in [0.25, 0.3) is 0 Å². The first kappa shape index (κ1) is 14.3. The summed E-state index contributed by atoms with van der Waals surface area (Å²) in [6, 6.07) is 5.53. The Morgan fingerprint density at radius 3 is 2.63 bits per heavy atom. The van der Waals surface area contributed by atoms with Crippen LogP contribution in [0.25, 0.3) is 0 Å². The minimum atomic E-state index is -0.227. The van der Waals surface area contributed by atoms with Gasteiger partial charge in [0.15, 0.2) is 0 Å². The molecule has 1 unspecified atom stereocenters. The fraction of sp³-hybridized carbons (Fsp3) is 0.600. The van der Waals surface area contributed by atoms with Crippen LogP contribution in [0.4, 0.5) is 4.39 Å². The highest BCUT2D eigenvalue weighted by Gasteiger charge is 2.21. The predicted octanol–water partition coefficient (Wildman–Crippen LogP) is 2.75. The fourth-order valence-electron chi connectivity index (χ4n) is 2.77. The van der Waals surface area contributed by atoms with Gasteiger partial charge in [0.05, 0.1) is 7.11 Å². The molecule has 0 heterocycles. The van der Waals surface area contributed by atoms with E-state index in [9.17, 15) is 4.39 Å². The highest BCUT2D eigenvalue weighted by Crippen LogP contribution is 2.28. The topological polar surface area (TPSA) is 47.3 Å². The monoisotopic (exact) mass is 266 g/mol. The van der Waals surface area contributed by atoms with Crippen molar-refractivity contribution >= 4 is 0 Å². The minimum Gasteiger partial charge on any atom is -0.496 e. The fourth-order valence-corrected chi connectivity index (χ4v) is 2.77. The molecule has 1 aliphatic rings. The number of nitrogens with two attached hydrogens (primary N) is 1. The Morgan fingerprint density at radius 1 is 1.32 bits per heavy atom. The Kier molecular flexibility index (Phi) is 4.77. The third-order valence-electron chi connectivity index (χ3n) is 3.92. The lowest BCUT2D eigenvalue weighted by atomic mass is 9.91. The molecule has 0 aliphatic heterocycles. The van der Waals surface area contributed by atoms with Crippen LogP contribution in [-0.4, -0.2) is 19.2 Å². The second kappa shape index (κ2) is 6.35. The van der Waals surface area contributed by atoms with E-state index in [1.54, 1.807) is 19.2 Å². The molecule has 3 nitrogen and oxygen atoms in total. The molecular weight excluding hydrogens is 243 g/mol. The van der Waals surface area contributed by atoms with Gasteiger partial charge in [-0.05, 0) is 50.8 Å². The highest BCUT2D eigenvalue weighted by atomic mass is 19.1. The van der Waals surface area contributed by atoms with Gasteiger partial charge in [-0.3, -0.25) is 0 Å². The Morgan fingerprint density at radius 2 is 2.00 bits per heavy atom. The number of halogens is 1. The molecule has 1 fully saturated rings. The van der Waals surface area contributed by atoms with E-state index in [2.05, 4.69) is 5.32 Å². The summed E-state index contributed by atoms with van der Waals surface area (Å²) in [5.74, 6) is 0.504. The number of methoxy groups -OCH3 is 1. The lowest BCUT2D eigenvalue weighted by molar-refractivity contribution is 0.317. The largest absolute Gasteiger partial charge is 0.496 e. The first-order chi connectivity index (χ1) is 9.10. The van der Waals surface area contributed by atoms with Crippen LogP contribution in [0, 0.1) is 5.82 Å². The van der Waals surface area contributed by atoms with E-state index in [0.717, 1.165) is 37.0 Å². The lowest BCUT2D eigenvalue weighted by Gasteiger charge is -2.30. The number of nitrogens with one attached hydrogen (secondary N) is 1. The van der Waals surface area contributed by atoms with Crippen molar-refractivity contribution < 1.29 is 9.13 Å². The van der Waals surface area contributed by atoms with E-state index >= 15 is 0 Å². The molecule has 0 aromatic heterocycles. The van der Waals surface area contributed by atoms with Crippen LogP contribution in [0.1, 0.15) is 44.2 Å². The van der Waals surface area contributed by atoms with Crippen molar-refractivity contribution in [1.82, 2.24) is 5.32 Å². The van der Waals surface area contributed by atoms with Crippen molar-refractivity contribution in [3.8, 4) is 5.75 Å². The average molecular weight is 266 g/mol. The Hall–Kier alpha value is -1.13. The minimum absolute atomic E-state index is 0.0741. The van der Waals surface area contributed by atoms with Gasteiger partial charge >= 0.3 is 0 Å². The number of benzene rings is 1. The zero-order chi connectivity index (χ0) is 13.8. The second-order valence-electron chi connectivity index (χ2n) is 5.39. The van der Waals surface area contributed by atoms with Gasteiger partial charge in [-0.2, -0.15) is 0 Å². The predicted molar refractivity (Wildman–Crippen MR) is 74.7 cm³/mol. The molecule has 1 aromatic rings. The molecule has 0 saturated heterocycles. The molecule has 0 bridgehead atoms. The molecule has 19 heavy (non-hydrogen) atoms. The van der Waals surface area contributed by atoms with Gasteiger partial charge < -0.3 is 15.8 Å². The van der Waals surface area contributed by atoms with Gasteiger partial charge in [0, 0.05) is 23.7 Å². The Bertz CT molecular complexity index is 417. The van der Waals surface area contributed by atoms with Gasteiger partial charge in [0.1, 0.15) is 11.6 Å². The van der Waals surface area contributed by atoms with E-state index in [4.69, 9.17) is 10.5 Å². The van der Waals surface area contributed by atoms with Gasteiger partial charge in [-0.1, -0.05) is 0 Å².